The largest absolute Gasteiger partial charge is 0.335 e. The Labute approximate surface area is 192 Å². The molecule has 32 heavy (non-hydrogen) atoms. The van der Waals surface area contributed by atoms with Crippen LogP contribution in [0.2, 0.25) is 5.02 Å². The number of amides is 2. The molecule has 0 saturated heterocycles. The molecule has 1 aromatic heterocycles. The Bertz CT molecular complexity index is 1210. The Hall–Kier alpha value is -3.31. The predicted octanol–water partition coefficient (Wildman–Crippen LogP) is 6.86. The number of fused-ring (bicyclic) bond motifs is 1. The third-order valence-corrected chi connectivity index (χ3v) is 6.24. The second-order valence-electron chi connectivity index (χ2n) is 8.18. The minimum atomic E-state index is -0.135. The van der Waals surface area contributed by atoms with E-state index in [0.29, 0.717) is 10.8 Å². The summed E-state index contributed by atoms with van der Waals surface area (Å²) in [6, 6.07) is 25.2. The molecule has 1 aliphatic carbocycles. The Balaban J connectivity index is 1.66. The van der Waals surface area contributed by atoms with E-state index in [9.17, 15) is 4.79 Å². The number of urea groups is 1. The molecule has 0 aliphatic heterocycles. The Morgan fingerprint density at radius 2 is 1.59 bits per heavy atom. The van der Waals surface area contributed by atoms with E-state index in [1.165, 1.54) is 6.42 Å². The van der Waals surface area contributed by atoms with Gasteiger partial charge in [0.2, 0.25) is 0 Å². The summed E-state index contributed by atoms with van der Waals surface area (Å²) in [5.74, 6) is 0.711. The number of nitrogens with zero attached hydrogens (tertiary/aromatic N) is 3. The van der Waals surface area contributed by atoms with Gasteiger partial charge in [0, 0.05) is 16.5 Å². The van der Waals surface area contributed by atoms with E-state index in [4.69, 9.17) is 16.7 Å². The fourth-order valence-corrected chi connectivity index (χ4v) is 4.52. The van der Waals surface area contributed by atoms with Crippen LogP contribution in [0.15, 0.2) is 78.9 Å². The van der Waals surface area contributed by atoms with E-state index < -0.39 is 0 Å². The molecule has 1 heterocycles. The van der Waals surface area contributed by atoms with Gasteiger partial charge < -0.3 is 5.32 Å². The van der Waals surface area contributed by atoms with Gasteiger partial charge in [0.1, 0.15) is 0 Å². The molecule has 0 spiro atoms. The van der Waals surface area contributed by atoms with Crippen molar-refractivity contribution >= 4 is 40.0 Å². The van der Waals surface area contributed by atoms with E-state index in [1.54, 1.807) is 4.90 Å². The van der Waals surface area contributed by atoms with Crippen LogP contribution in [0.3, 0.4) is 0 Å². The molecule has 2 amide bonds. The first-order valence-electron chi connectivity index (χ1n) is 11.1. The van der Waals surface area contributed by atoms with E-state index in [0.717, 1.165) is 48.0 Å². The van der Waals surface area contributed by atoms with Gasteiger partial charge in [-0.1, -0.05) is 61.2 Å². The van der Waals surface area contributed by atoms with Gasteiger partial charge in [-0.3, -0.25) is 0 Å². The lowest BCUT2D eigenvalue weighted by Gasteiger charge is -2.29. The quantitative estimate of drug-likeness (QED) is 0.373. The van der Waals surface area contributed by atoms with Crippen molar-refractivity contribution in [2.75, 3.05) is 4.90 Å². The van der Waals surface area contributed by atoms with Crippen molar-refractivity contribution in [3.05, 3.63) is 83.9 Å². The van der Waals surface area contributed by atoms with E-state index in [-0.39, 0.29) is 12.1 Å². The standard InChI is InChI=1S/C26H25ClN4O/c27-19-15-17-22(18-16-19)31-25(23-13-7-8-14-24(23)29-31)30(21-11-5-2-6-12-21)26(32)28-20-9-3-1-4-10-20/h2,5-8,11-18,20H,1,3-4,9-10H2,(H,28,32). The van der Waals surface area contributed by atoms with Gasteiger partial charge in [0.25, 0.3) is 0 Å². The van der Waals surface area contributed by atoms with Crippen molar-refractivity contribution in [3.63, 3.8) is 0 Å². The van der Waals surface area contributed by atoms with Gasteiger partial charge in [0.05, 0.1) is 16.9 Å². The fourth-order valence-electron chi connectivity index (χ4n) is 4.40. The summed E-state index contributed by atoms with van der Waals surface area (Å²) in [6.07, 6.45) is 5.59. The topological polar surface area (TPSA) is 50.2 Å². The van der Waals surface area contributed by atoms with Crippen molar-refractivity contribution in [1.82, 2.24) is 15.1 Å². The molecule has 1 N–H and O–H groups in total. The Morgan fingerprint density at radius 1 is 0.906 bits per heavy atom. The van der Waals surface area contributed by atoms with Gasteiger partial charge in [0.15, 0.2) is 5.82 Å². The molecule has 0 bridgehead atoms. The molecular formula is C26H25ClN4O. The monoisotopic (exact) mass is 444 g/mol. The summed E-state index contributed by atoms with van der Waals surface area (Å²) in [7, 11) is 0. The SMILES string of the molecule is O=C(NC1CCCCC1)N(c1ccccc1)c1c2ccccc2nn1-c1ccc(Cl)cc1. The molecule has 6 heteroatoms. The van der Waals surface area contributed by atoms with Crippen LogP contribution in [0, 0.1) is 0 Å². The van der Waals surface area contributed by atoms with Crippen LogP contribution in [0.5, 0.6) is 0 Å². The number of para-hydroxylation sites is 1. The molecule has 1 saturated carbocycles. The minimum absolute atomic E-state index is 0.135. The highest BCUT2D eigenvalue weighted by Crippen LogP contribution is 2.35. The molecule has 0 unspecified atom stereocenters. The number of hydrogen-bond acceptors (Lipinski definition) is 2. The number of halogens is 1. The number of benzene rings is 3. The highest BCUT2D eigenvalue weighted by atomic mass is 35.5. The Morgan fingerprint density at radius 3 is 2.34 bits per heavy atom. The lowest BCUT2D eigenvalue weighted by molar-refractivity contribution is 0.240. The number of anilines is 2. The van der Waals surface area contributed by atoms with E-state index in [1.807, 2.05) is 83.5 Å². The maximum atomic E-state index is 13.7. The molecule has 162 valence electrons. The van der Waals surface area contributed by atoms with Crippen LogP contribution in [0.25, 0.3) is 16.6 Å². The molecule has 1 aliphatic rings. The number of carbonyl (C=O) groups is 1. The maximum absolute atomic E-state index is 13.7. The summed E-state index contributed by atoms with van der Waals surface area (Å²) in [5.41, 5.74) is 2.46. The molecule has 0 atom stereocenters. The number of hydrogen-bond donors (Lipinski definition) is 1. The van der Waals surface area contributed by atoms with Crippen molar-refractivity contribution < 1.29 is 4.79 Å². The lowest BCUT2D eigenvalue weighted by Crippen LogP contribution is -2.44. The molecule has 4 aromatic rings. The first-order chi connectivity index (χ1) is 15.7. The summed E-state index contributed by atoms with van der Waals surface area (Å²) in [4.78, 5) is 15.5. The van der Waals surface area contributed by atoms with Crippen LogP contribution in [0.4, 0.5) is 16.3 Å². The van der Waals surface area contributed by atoms with Gasteiger partial charge in [-0.25, -0.2) is 14.4 Å². The summed E-state index contributed by atoms with van der Waals surface area (Å²) in [6.45, 7) is 0. The zero-order valence-electron chi connectivity index (χ0n) is 17.7. The van der Waals surface area contributed by atoms with Crippen LogP contribution >= 0.6 is 11.6 Å². The number of aromatic nitrogens is 2. The van der Waals surface area contributed by atoms with Crippen molar-refractivity contribution in [2.24, 2.45) is 0 Å². The van der Waals surface area contributed by atoms with Crippen molar-refractivity contribution in [2.45, 2.75) is 38.1 Å². The minimum Gasteiger partial charge on any atom is -0.335 e. The number of carbonyl (C=O) groups excluding carboxylic acids is 1. The highest BCUT2D eigenvalue weighted by molar-refractivity contribution is 6.30. The third kappa shape index (κ3) is 4.08. The van der Waals surface area contributed by atoms with Gasteiger partial charge in [-0.05, 0) is 61.4 Å². The molecule has 0 radical (unpaired) electrons. The van der Waals surface area contributed by atoms with Gasteiger partial charge >= 0.3 is 6.03 Å². The van der Waals surface area contributed by atoms with Crippen LogP contribution in [0.1, 0.15) is 32.1 Å². The van der Waals surface area contributed by atoms with Crippen molar-refractivity contribution in [3.8, 4) is 5.69 Å². The smallest absolute Gasteiger partial charge is 0.327 e. The van der Waals surface area contributed by atoms with Gasteiger partial charge in [-0.15, -0.1) is 0 Å². The first-order valence-corrected chi connectivity index (χ1v) is 11.5. The number of rotatable bonds is 4. The zero-order valence-corrected chi connectivity index (χ0v) is 18.5. The summed E-state index contributed by atoms with van der Waals surface area (Å²) in [5, 5.41) is 9.69. The third-order valence-electron chi connectivity index (χ3n) is 5.99. The zero-order chi connectivity index (χ0) is 21.9. The molecule has 1 fully saturated rings. The summed E-state index contributed by atoms with van der Waals surface area (Å²) < 4.78 is 1.83. The summed E-state index contributed by atoms with van der Waals surface area (Å²) >= 11 is 6.13. The second kappa shape index (κ2) is 9.05. The normalized spacial score (nSPS) is 14.4. The maximum Gasteiger partial charge on any atom is 0.327 e. The van der Waals surface area contributed by atoms with Crippen LogP contribution in [-0.4, -0.2) is 21.9 Å². The molecule has 5 rings (SSSR count). The molecular weight excluding hydrogens is 420 g/mol. The predicted molar refractivity (Wildman–Crippen MR) is 130 cm³/mol. The molecule has 5 nitrogen and oxygen atoms in total. The fraction of sp³-hybridized carbons (Fsp3) is 0.231. The number of nitrogens with one attached hydrogen (secondary N) is 1. The first kappa shape index (κ1) is 20.6. The van der Waals surface area contributed by atoms with Gasteiger partial charge in [-0.2, -0.15) is 5.10 Å². The van der Waals surface area contributed by atoms with E-state index in [2.05, 4.69) is 5.32 Å². The average molecular weight is 445 g/mol. The van der Waals surface area contributed by atoms with Crippen molar-refractivity contribution in [1.29, 1.82) is 0 Å². The molecule has 3 aromatic carbocycles. The van der Waals surface area contributed by atoms with E-state index >= 15 is 0 Å². The van der Waals surface area contributed by atoms with Crippen LogP contribution in [-0.2, 0) is 0 Å². The second-order valence-corrected chi connectivity index (χ2v) is 8.62. The van der Waals surface area contributed by atoms with Crippen LogP contribution < -0.4 is 10.2 Å². The average Bonchev–Trinajstić information content (AvgIpc) is 3.20. The highest BCUT2D eigenvalue weighted by Gasteiger charge is 2.28. The lowest BCUT2D eigenvalue weighted by atomic mass is 9.96. The Kier molecular flexibility index (Phi) is 5.82.